The molecule has 4 aromatic heterocycles. The van der Waals surface area contributed by atoms with E-state index in [2.05, 4.69) is 33.8 Å². The smallest absolute Gasteiger partial charge is 0.337 e. The Balaban J connectivity index is 1.65. The maximum atomic E-state index is 11.4. The molecule has 32 heavy (non-hydrogen) atoms. The van der Waals surface area contributed by atoms with E-state index in [0.717, 1.165) is 23.6 Å². The number of imidazole rings is 1. The molecule has 0 amide bonds. The minimum absolute atomic E-state index is 0.0889. The number of aryl methyl sites for hydroxylation is 1. The lowest BCUT2D eigenvalue weighted by molar-refractivity contribution is 0.0696. The standard InChI is InChI=1S/C22H23N7O3/c1-4-28-13(2)12-32-18-8-14(9-24-21(18)28)19-25-17-7-15(22(30)31)10-23-20(17)29(19)11-16-5-6-27(3)26-16/h5-10,13H,4,11-12H2,1-3H3,(H,30,31)/t13-/m1/s1. The summed E-state index contributed by atoms with van der Waals surface area (Å²) in [5.74, 6) is 1.10. The van der Waals surface area contributed by atoms with E-state index < -0.39 is 5.97 Å². The zero-order chi connectivity index (χ0) is 22.4. The van der Waals surface area contributed by atoms with E-state index in [1.807, 2.05) is 29.9 Å². The van der Waals surface area contributed by atoms with Gasteiger partial charge < -0.3 is 19.3 Å². The molecule has 0 saturated carbocycles. The summed E-state index contributed by atoms with van der Waals surface area (Å²) in [6.07, 6.45) is 5.00. The topological polar surface area (TPSA) is 111 Å². The van der Waals surface area contributed by atoms with Crippen LogP contribution in [-0.4, -0.2) is 59.6 Å². The molecule has 0 radical (unpaired) electrons. The van der Waals surface area contributed by atoms with Crippen molar-refractivity contribution in [2.24, 2.45) is 7.05 Å². The lowest BCUT2D eigenvalue weighted by Crippen LogP contribution is -2.41. The number of aromatic nitrogens is 6. The van der Waals surface area contributed by atoms with Gasteiger partial charge in [0, 0.05) is 37.7 Å². The molecule has 5 rings (SSSR count). The number of pyridine rings is 2. The molecule has 164 valence electrons. The number of ether oxygens (including phenoxy) is 1. The Labute approximate surface area is 184 Å². The van der Waals surface area contributed by atoms with Crippen LogP contribution in [0, 0.1) is 0 Å². The zero-order valence-corrected chi connectivity index (χ0v) is 18.1. The lowest BCUT2D eigenvalue weighted by atomic mass is 10.2. The van der Waals surface area contributed by atoms with Gasteiger partial charge in [-0.3, -0.25) is 4.68 Å². The highest BCUT2D eigenvalue weighted by Gasteiger charge is 2.26. The number of anilines is 1. The highest BCUT2D eigenvalue weighted by Crippen LogP contribution is 2.35. The first-order chi connectivity index (χ1) is 15.4. The lowest BCUT2D eigenvalue weighted by Gasteiger charge is -2.34. The number of nitrogens with zero attached hydrogens (tertiary/aromatic N) is 7. The van der Waals surface area contributed by atoms with E-state index >= 15 is 0 Å². The van der Waals surface area contributed by atoms with Crippen molar-refractivity contribution < 1.29 is 14.6 Å². The molecular weight excluding hydrogens is 410 g/mol. The van der Waals surface area contributed by atoms with E-state index in [1.165, 1.54) is 12.3 Å². The average Bonchev–Trinajstić information content (AvgIpc) is 3.36. The molecule has 10 nitrogen and oxygen atoms in total. The van der Waals surface area contributed by atoms with Gasteiger partial charge in [0.2, 0.25) is 0 Å². The van der Waals surface area contributed by atoms with Gasteiger partial charge in [0.25, 0.3) is 0 Å². The van der Waals surface area contributed by atoms with E-state index in [0.29, 0.717) is 35.9 Å². The van der Waals surface area contributed by atoms with E-state index in [-0.39, 0.29) is 11.6 Å². The van der Waals surface area contributed by atoms with Crippen molar-refractivity contribution in [3.8, 4) is 17.1 Å². The number of carbonyl (C=O) groups is 1. The number of likely N-dealkylation sites (N-methyl/N-ethyl adjacent to an activating group) is 1. The minimum Gasteiger partial charge on any atom is -0.488 e. The summed E-state index contributed by atoms with van der Waals surface area (Å²) >= 11 is 0. The highest BCUT2D eigenvalue weighted by molar-refractivity contribution is 5.91. The van der Waals surface area contributed by atoms with Crippen LogP contribution in [0.1, 0.15) is 29.9 Å². The van der Waals surface area contributed by atoms with Gasteiger partial charge in [-0.25, -0.2) is 19.7 Å². The van der Waals surface area contributed by atoms with Crippen molar-refractivity contribution in [1.29, 1.82) is 0 Å². The van der Waals surface area contributed by atoms with Crippen LogP contribution in [-0.2, 0) is 13.6 Å². The van der Waals surface area contributed by atoms with Gasteiger partial charge in [0.05, 0.1) is 23.8 Å². The van der Waals surface area contributed by atoms with Crippen LogP contribution in [0.2, 0.25) is 0 Å². The van der Waals surface area contributed by atoms with Crippen LogP contribution in [0.25, 0.3) is 22.6 Å². The Morgan fingerprint density at radius 2 is 2.12 bits per heavy atom. The molecular formula is C22H23N7O3. The van der Waals surface area contributed by atoms with Crippen LogP contribution < -0.4 is 9.64 Å². The van der Waals surface area contributed by atoms with Crippen molar-refractivity contribution in [3.63, 3.8) is 0 Å². The summed E-state index contributed by atoms with van der Waals surface area (Å²) in [5.41, 5.74) is 2.77. The second-order valence-corrected chi connectivity index (χ2v) is 7.87. The Morgan fingerprint density at radius 3 is 2.84 bits per heavy atom. The number of hydrogen-bond donors (Lipinski definition) is 1. The van der Waals surface area contributed by atoms with Crippen LogP contribution in [0.5, 0.6) is 5.75 Å². The van der Waals surface area contributed by atoms with Gasteiger partial charge in [0.1, 0.15) is 17.9 Å². The monoisotopic (exact) mass is 433 g/mol. The van der Waals surface area contributed by atoms with Crippen molar-refractivity contribution >= 4 is 23.0 Å². The van der Waals surface area contributed by atoms with E-state index in [1.54, 1.807) is 10.9 Å². The molecule has 10 heteroatoms. The number of rotatable bonds is 5. The quantitative estimate of drug-likeness (QED) is 0.511. The maximum Gasteiger partial charge on any atom is 0.337 e. The number of aromatic carboxylic acids is 1. The van der Waals surface area contributed by atoms with Crippen LogP contribution in [0.15, 0.2) is 36.8 Å². The van der Waals surface area contributed by atoms with Crippen molar-refractivity contribution in [2.45, 2.75) is 26.4 Å². The SMILES string of the molecule is CCN1c2ncc(-c3nc4cc(C(=O)O)cnc4n3Cc3ccn(C)n3)cc2OC[C@H]1C. The third-order valence-electron chi connectivity index (χ3n) is 5.64. The molecule has 1 aliphatic heterocycles. The number of hydrogen-bond acceptors (Lipinski definition) is 7. The Morgan fingerprint density at radius 1 is 1.28 bits per heavy atom. The van der Waals surface area contributed by atoms with Crippen molar-refractivity contribution in [1.82, 2.24) is 29.3 Å². The Kier molecular flexibility index (Phi) is 4.76. The van der Waals surface area contributed by atoms with Crippen LogP contribution in [0.4, 0.5) is 5.82 Å². The number of fused-ring (bicyclic) bond motifs is 2. The average molecular weight is 433 g/mol. The van der Waals surface area contributed by atoms with Gasteiger partial charge >= 0.3 is 5.97 Å². The predicted molar refractivity (Wildman–Crippen MR) is 118 cm³/mol. The molecule has 0 unspecified atom stereocenters. The van der Waals surface area contributed by atoms with Gasteiger partial charge in [-0.15, -0.1) is 0 Å². The van der Waals surface area contributed by atoms with Crippen molar-refractivity contribution in [2.75, 3.05) is 18.1 Å². The summed E-state index contributed by atoms with van der Waals surface area (Å²) in [4.78, 5) is 27.4. The third-order valence-corrected chi connectivity index (χ3v) is 5.64. The number of carboxylic acid groups (broad SMARTS) is 1. The summed E-state index contributed by atoms with van der Waals surface area (Å²) in [5, 5.41) is 13.8. The van der Waals surface area contributed by atoms with Gasteiger partial charge in [-0.1, -0.05) is 0 Å². The predicted octanol–water partition coefficient (Wildman–Crippen LogP) is 2.58. The number of carboxylic acids is 1. The van der Waals surface area contributed by atoms with Crippen molar-refractivity contribution in [3.05, 3.63) is 48.0 Å². The first-order valence-corrected chi connectivity index (χ1v) is 10.4. The normalized spacial score (nSPS) is 15.6. The molecule has 0 saturated heterocycles. The molecule has 1 N–H and O–H groups in total. The molecule has 5 heterocycles. The molecule has 0 spiro atoms. The summed E-state index contributed by atoms with van der Waals surface area (Å²) in [6, 6.07) is 5.64. The second kappa shape index (κ2) is 7.63. The van der Waals surface area contributed by atoms with Gasteiger partial charge in [0.15, 0.2) is 17.2 Å². The third kappa shape index (κ3) is 3.33. The molecule has 0 aromatic carbocycles. The minimum atomic E-state index is -1.04. The van der Waals surface area contributed by atoms with Crippen LogP contribution >= 0.6 is 0 Å². The van der Waals surface area contributed by atoms with E-state index in [4.69, 9.17) is 9.72 Å². The fraction of sp³-hybridized carbons (Fsp3) is 0.318. The summed E-state index contributed by atoms with van der Waals surface area (Å²) in [7, 11) is 1.86. The summed E-state index contributed by atoms with van der Waals surface area (Å²) in [6.45, 7) is 6.06. The molecule has 0 aliphatic carbocycles. The first-order valence-electron chi connectivity index (χ1n) is 10.4. The first kappa shape index (κ1) is 20.0. The molecule has 1 aliphatic rings. The maximum absolute atomic E-state index is 11.4. The Bertz CT molecular complexity index is 1330. The Hall–Kier alpha value is -3.95. The second-order valence-electron chi connectivity index (χ2n) is 7.87. The molecule has 0 bridgehead atoms. The molecule has 0 fully saturated rings. The zero-order valence-electron chi connectivity index (χ0n) is 18.1. The van der Waals surface area contributed by atoms with Gasteiger partial charge in [-0.2, -0.15) is 5.10 Å². The summed E-state index contributed by atoms with van der Waals surface area (Å²) < 4.78 is 9.63. The largest absolute Gasteiger partial charge is 0.488 e. The van der Waals surface area contributed by atoms with Crippen LogP contribution in [0.3, 0.4) is 0 Å². The fourth-order valence-electron chi connectivity index (χ4n) is 4.06. The van der Waals surface area contributed by atoms with E-state index in [9.17, 15) is 9.90 Å². The highest BCUT2D eigenvalue weighted by atomic mass is 16.5. The van der Waals surface area contributed by atoms with Gasteiger partial charge in [-0.05, 0) is 32.0 Å². The fourth-order valence-corrected chi connectivity index (χ4v) is 4.06. The molecule has 4 aromatic rings. The molecule has 1 atom stereocenters.